The van der Waals surface area contributed by atoms with E-state index in [2.05, 4.69) is 27.7 Å². The molecule has 0 spiro atoms. The summed E-state index contributed by atoms with van der Waals surface area (Å²) in [6, 6.07) is 0. The molecule has 0 N–H and O–H groups in total. The maximum atomic E-state index is 6.06. The summed E-state index contributed by atoms with van der Waals surface area (Å²) < 4.78 is 23.3. The first-order valence-corrected chi connectivity index (χ1v) is 6.98. The molecule has 3 rings (SSSR count). The Kier molecular flexibility index (Phi) is 3.01. The van der Waals surface area contributed by atoms with Gasteiger partial charge in [-0.15, -0.1) is 0 Å². The molecule has 18 heavy (non-hydrogen) atoms. The van der Waals surface area contributed by atoms with Crippen LogP contribution in [0, 0.1) is 11.8 Å². The molecule has 3 atom stereocenters. The molecule has 0 aliphatic carbocycles. The largest absolute Gasteiger partial charge is 0.458 e. The maximum Gasteiger partial charge on any atom is 0.458 e. The Morgan fingerprint density at radius 3 is 2.39 bits per heavy atom. The molecular formula is C13H23BO4. The third kappa shape index (κ3) is 2.01. The van der Waals surface area contributed by atoms with Crippen molar-refractivity contribution >= 4 is 7.12 Å². The molecule has 0 amide bonds. The maximum absolute atomic E-state index is 6.06. The zero-order valence-electron chi connectivity index (χ0n) is 11.8. The van der Waals surface area contributed by atoms with Gasteiger partial charge in [0.05, 0.1) is 24.4 Å². The third-order valence-corrected chi connectivity index (χ3v) is 4.96. The lowest BCUT2D eigenvalue weighted by molar-refractivity contribution is -0.0905. The van der Waals surface area contributed by atoms with E-state index in [1.165, 1.54) is 0 Å². The molecule has 0 radical (unpaired) electrons. The summed E-state index contributed by atoms with van der Waals surface area (Å²) in [4.78, 5) is 0. The number of rotatable bonds is 2. The Morgan fingerprint density at radius 2 is 1.72 bits per heavy atom. The van der Waals surface area contributed by atoms with Crippen LogP contribution in [0.3, 0.4) is 0 Å². The lowest BCUT2D eigenvalue weighted by Gasteiger charge is -2.32. The second-order valence-corrected chi connectivity index (χ2v) is 6.71. The van der Waals surface area contributed by atoms with Gasteiger partial charge in [-0.1, -0.05) is 0 Å². The van der Waals surface area contributed by atoms with E-state index in [4.69, 9.17) is 18.8 Å². The van der Waals surface area contributed by atoms with E-state index in [1.807, 2.05) is 0 Å². The highest BCUT2D eigenvalue weighted by Crippen LogP contribution is 2.43. The Bertz CT molecular complexity index is 315. The van der Waals surface area contributed by atoms with Gasteiger partial charge in [-0.2, -0.15) is 0 Å². The minimum Gasteiger partial charge on any atom is -0.403 e. The van der Waals surface area contributed by atoms with E-state index in [9.17, 15) is 0 Å². The minimum atomic E-state index is -0.233. The van der Waals surface area contributed by atoms with Gasteiger partial charge in [0.15, 0.2) is 6.29 Å². The van der Waals surface area contributed by atoms with E-state index in [0.717, 1.165) is 26.0 Å². The van der Waals surface area contributed by atoms with Gasteiger partial charge < -0.3 is 18.8 Å². The standard InChI is InChI=1S/C13H23BO4/c1-12(2)13(3,4)18-14(17-12)7-9-8-16-11-10(9)5-6-15-11/h9-11H,5-8H2,1-4H3/t9-,10-,11+/m1/s1. The minimum absolute atomic E-state index is 0.0254. The van der Waals surface area contributed by atoms with Crippen molar-refractivity contribution in [2.45, 2.75) is 57.9 Å². The monoisotopic (exact) mass is 254 g/mol. The fourth-order valence-corrected chi connectivity index (χ4v) is 3.10. The normalized spacial score (nSPS) is 41.3. The summed E-state index contributed by atoms with van der Waals surface area (Å²) in [5.41, 5.74) is -0.467. The van der Waals surface area contributed by atoms with Crippen molar-refractivity contribution in [3.05, 3.63) is 0 Å². The SMILES string of the molecule is CC1(C)OB(C[C@@H]2CO[C@@H]3OCC[C@H]23)OC1(C)C. The highest BCUT2D eigenvalue weighted by molar-refractivity contribution is 6.45. The third-order valence-electron chi connectivity index (χ3n) is 4.96. The van der Waals surface area contributed by atoms with Crippen molar-refractivity contribution < 1.29 is 18.8 Å². The topological polar surface area (TPSA) is 36.9 Å². The molecule has 5 heteroatoms. The van der Waals surface area contributed by atoms with Crippen LogP contribution in [-0.4, -0.2) is 37.8 Å². The van der Waals surface area contributed by atoms with Gasteiger partial charge in [0.1, 0.15) is 0 Å². The molecule has 3 aliphatic heterocycles. The molecule has 4 nitrogen and oxygen atoms in total. The van der Waals surface area contributed by atoms with Gasteiger partial charge in [-0.3, -0.25) is 0 Å². The molecule has 3 aliphatic rings. The lowest BCUT2D eigenvalue weighted by Crippen LogP contribution is -2.41. The number of hydrogen-bond donors (Lipinski definition) is 0. The Hall–Kier alpha value is -0.0951. The Labute approximate surface area is 109 Å². The predicted molar refractivity (Wildman–Crippen MR) is 68.2 cm³/mol. The zero-order valence-corrected chi connectivity index (χ0v) is 11.8. The van der Waals surface area contributed by atoms with Crippen LogP contribution in [0.4, 0.5) is 0 Å². The van der Waals surface area contributed by atoms with Crippen LogP contribution < -0.4 is 0 Å². The van der Waals surface area contributed by atoms with Crippen molar-refractivity contribution in [3.63, 3.8) is 0 Å². The number of hydrogen-bond acceptors (Lipinski definition) is 4. The summed E-state index contributed by atoms with van der Waals surface area (Å²) in [5.74, 6) is 1.04. The highest BCUT2D eigenvalue weighted by Gasteiger charge is 2.53. The fourth-order valence-electron chi connectivity index (χ4n) is 3.10. The fraction of sp³-hybridized carbons (Fsp3) is 1.00. The van der Waals surface area contributed by atoms with Crippen LogP contribution in [0.25, 0.3) is 0 Å². The molecule has 0 unspecified atom stereocenters. The molecular weight excluding hydrogens is 231 g/mol. The molecule has 102 valence electrons. The molecule has 0 aromatic rings. The molecule has 0 bridgehead atoms. The average molecular weight is 254 g/mol. The first kappa shape index (κ1) is 12.9. The van der Waals surface area contributed by atoms with Gasteiger partial charge in [0.25, 0.3) is 0 Å². The van der Waals surface area contributed by atoms with Crippen molar-refractivity contribution in [1.29, 1.82) is 0 Å². The Morgan fingerprint density at radius 1 is 1.06 bits per heavy atom. The highest BCUT2D eigenvalue weighted by atomic mass is 16.7. The molecule has 3 heterocycles. The molecule has 3 fully saturated rings. The number of fused-ring (bicyclic) bond motifs is 1. The van der Waals surface area contributed by atoms with Crippen molar-refractivity contribution in [3.8, 4) is 0 Å². The van der Waals surface area contributed by atoms with Crippen molar-refractivity contribution in [2.75, 3.05) is 13.2 Å². The summed E-state index contributed by atoms with van der Waals surface area (Å²) >= 11 is 0. The molecule has 0 aromatic heterocycles. The van der Waals surface area contributed by atoms with Crippen LogP contribution in [0.15, 0.2) is 0 Å². The van der Waals surface area contributed by atoms with Gasteiger partial charge in [-0.05, 0) is 46.4 Å². The number of ether oxygens (including phenoxy) is 2. The second-order valence-electron chi connectivity index (χ2n) is 6.71. The van der Waals surface area contributed by atoms with E-state index < -0.39 is 0 Å². The van der Waals surface area contributed by atoms with Gasteiger partial charge in [0, 0.05) is 5.92 Å². The van der Waals surface area contributed by atoms with Crippen LogP contribution >= 0.6 is 0 Å². The first-order valence-electron chi connectivity index (χ1n) is 6.98. The summed E-state index contributed by atoms with van der Waals surface area (Å²) in [7, 11) is -0.108. The predicted octanol–water partition coefficient (Wildman–Crippen LogP) is 2.09. The van der Waals surface area contributed by atoms with E-state index in [0.29, 0.717) is 11.8 Å². The van der Waals surface area contributed by atoms with Crippen molar-refractivity contribution in [2.24, 2.45) is 11.8 Å². The summed E-state index contributed by atoms with van der Waals surface area (Å²) in [6.45, 7) is 9.99. The second kappa shape index (κ2) is 4.20. The molecule has 0 saturated carbocycles. The average Bonchev–Trinajstić information content (AvgIpc) is 2.84. The van der Waals surface area contributed by atoms with Gasteiger partial charge in [-0.25, -0.2) is 0 Å². The van der Waals surface area contributed by atoms with Gasteiger partial charge in [0.2, 0.25) is 0 Å². The smallest absolute Gasteiger partial charge is 0.403 e. The summed E-state index contributed by atoms with van der Waals surface area (Å²) in [5, 5.41) is 0. The quantitative estimate of drug-likeness (QED) is 0.707. The molecule has 0 aromatic carbocycles. The first-order chi connectivity index (χ1) is 8.39. The van der Waals surface area contributed by atoms with Crippen LogP contribution in [0.2, 0.25) is 6.32 Å². The van der Waals surface area contributed by atoms with E-state index in [-0.39, 0.29) is 24.6 Å². The van der Waals surface area contributed by atoms with E-state index in [1.54, 1.807) is 0 Å². The molecule has 3 saturated heterocycles. The van der Waals surface area contributed by atoms with Gasteiger partial charge >= 0.3 is 7.12 Å². The zero-order chi connectivity index (χ0) is 13.0. The lowest BCUT2D eigenvalue weighted by atomic mass is 9.73. The van der Waals surface area contributed by atoms with Crippen LogP contribution in [0.5, 0.6) is 0 Å². The van der Waals surface area contributed by atoms with Crippen LogP contribution in [-0.2, 0) is 18.8 Å². The summed E-state index contributed by atoms with van der Waals surface area (Å²) in [6.07, 6.45) is 2.05. The van der Waals surface area contributed by atoms with Crippen LogP contribution in [0.1, 0.15) is 34.1 Å². The van der Waals surface area contributed by atoms with Crippen molar-refractivity contribution in [1.82, 2.24) is 0 Å². The Balaban J connectivity index is 1.62. The van der Waals surface area contributed by atoms with E-state index >= 15 is 0 Å².